The number of aromatic nitrogens is 5. The molecule has 1 aliphatic carbocycles. The van der Waals surface area contributed by atoms with Crippen LogP contribution in [0.3, 0.4) is 0 Å². The Morgan fingerprint density at radius 2 is 1.86 bits per heavy atom. The van der Waals surface area contributed by atoms with Gasteiger partial charge >= 0.3 is 0 Å². The summed E-state index contributed by atoms with van der Waals surface area (Å²) in [5, 5.41) is 18.1. The maximum Gasteiger partial charge on any atom is 0.274 e. The minimum atomic E-state index is -0.469. The molecule has 35 heavy (non-hydrogen) atoms. The third-order valence-corrected chi connectivity index (χ3v) is 6.47. The summed E-state index contributed by atoms with van der Waals surface area (Å²) < 4.78 is 3.50. The van der Waals surface area contributed by atoms with Crippen LogP contribution >= 0.6 is 11.6 Å². The Kier molecular flexibility index (Phi) is 5.83. The third-order valence-electron chi connectivity index (χ3n) is 6.19. The number of allylic oxidation sites excluding steroid dienone is 4. The lowest BCUT2D eigenvalue weighted by molar-refractivity contribution is 0.579. The van der Waals surface area contributed by atoms with Gasteiger partial charge in [-0.1, -0.05) is 37.3 Å². The predicted octanol–water partition coefficient (Wildman–Crippen LogP) is 4.78. The molecule has 7 nitrogen and oxygen atoms in total. The molecule has 4 aromatic rings. The highest BCUT2D eigenvalue weighted by Gasteiger charge is 2.27. The SMILES string of the molecule is CCc1nnc2c(C3=CCC(C)(Cl)C=C3)c(-c3ccncc3)c(=O)n(Cc3ccc(C#N)cc3)n12. The molecule has 0 amide bonds. The van der Waals surface area contributed by atoms with Crippen LogP contribution in [0.4, 0.5) is 0 Å². The molecule has 0 spiro atoms. The van der Waals surface area contributed by atoms with E-state index in [1.807, 2.05) is 54.8 Å². The summed E-state index contributed by atoms with van der Waals surface area (Å²) in [5.41, 5.74) is 4.82. The molecule has 0 fully saturated rings. The average Bonchev–Trinajstić information content (AvgIpc) is 3.30. The van der Waals surface area contributed by atoms with Gasteiger partial charge in [-0.05, 0) is 54.3 Å². The molecule has 0 radical (unpaired) electrons. The van der Waals surface area contributed by atoms with E-state index in [4.69, 9.17) is 16.9 Å². The number of hydrogen-bond donors (Lipinski definition) is 0. The van der Waals surface area contributed by atoms with Crippen molar-refractivity contribution in [1.82, 2.24) is 24.4 Å². The lowest BCUT2D eigenvalue weighted by atomic mass is 9.90. The van der Waals surface area contributed by atoms with Crippen LogP contribution in [0.15, 0.2) is 71.8 Å². The Morgan fingerprint density at radius 3 is 2.49 bits per heavy atom. The Morgan fingerprint density at radius 1 is 1.11 bits per heavy atom. The summed E-state index contributed by atoms with van der Waals surface area (Å²) in [4.78, 5) is 17.9. The largest absolute Gasteiger partial charge is 0.274 e. The number of aryl methyl sites for hydroxylation is 1. The van der Waals surface area contributed by atoms with E-state index >= 15 is 0 Å². The summed E-state index contributed by atoms with van der Waals surface area (Å²) >= 11 is 6.54. The average molecular weight is 483 g/mol. The van der Waals surface area contributed by atoms with Crippen molar-refractivity contribution in [2.24, 2.45) is 0 Å². The topological polar surface area (TPSA) is 88.9 Å². The quantitative estimate of drug-likeness (QED) is 0.382. The predicted molar refractivity (Wildman–Crippen MR) is 136 cm³/mol. The van der Waals surface area contributed by atoms with E-state index in [0.29, 0.717) is 42.0 Å². The van der Waals surface area contributed by atoms with Crippen molar-refractivity contribution in [3.8, 4) is 17.2 Å². The maximum absolute atomic E-state index is 14.2. The fourth-order valence-electron chi connectivity index (χ4n) is 4.34. The van der Waals surface area contributed by atoms with Gasteiger partial charge in [0.15, 0.2) is 11.5 Å². The van der Waals surface area contributed by atoms with Crippen LogP contribution < -0.4 is 5.56 Å². The third kappa shape index (κ3) is 4.17. The lowest BCUT2D eigenvalue weighted by Crippen LogP contribution is -2.30. The molecule has 1 unspecified atom stereocenters. The first-order valence-electron chi connectivity index (χ1n) is 11.4. The zero-order valence-corrected chi connectivity index (χ0v) is 20.2. The van der Waals surface area contributed by atoms with E-state index in [1.165, 1.54) is 0 Å². The highest BCUT2D eigenvalue weighted by molar-refractivity contribution is 6.25. The smallest absolute Gasteiger partial charge is 0.267 e. The van der Waals surface area contributed by atoms with Crippen LogP contribution in [0.1, 0.15) is 42.8 Å². The first-order chi connectivity index (χ1) is 16.9. The van der Waals surface area contributed by atoms with Gasteiger partial charge in [0.2, 0.25) is 0 Å². The minimum absolute atomic E-state index is 0.161. The van der Waals surface area contributed by atoms with Crippen molar-refractivity contribution in [3.05, 3.63) is 99.9 Å². The van der Waals surface area contributed by atoms with E-state index in [9.17, 15) is 4.79 Å². The fourth-order valence-corrected chi connectivity index (χ4v) is 4.48. The molecule has 0 bridgehead atoms. The van der Waals surface area contributed by atoms with Crippen molar-refractivity contribution >= 4 is 22.8 Å². The highest BCUT2D eigenvalue weighted by Crippen LogP contribution is 2.36. The molecule has 0 aliphatic heterocycles. The molecule has 3 aromatic heterocycles. The Balaban J connectivity index is 1.82. The van der Waals surface area contributed by atoms with Gasteiger partial charge in [-0.2, -0.15) is 5.26 Å². The monoisotopic (exact) mass is 482 g/mol. The van der Waals surface area contributed by atoms with Crippen LogP contribution in [-0.4, -0.2) is 29.3 Å². The molecule has 0 saturated carbocycles. The summed E-state index contributed by atoms with van der Waals surface area (Å²) in [6.45, 7) is 4.25. The van der Waals surface area contributed by atoms with Gasteiger partial charge in [-0.15, -0.1) is 21.8 Å². The van der Waals surface area contributed by atoms with Gasteiger partial charge < -0.3 is 0 Å². The normalized spacial score (nSPS) is 17.4. The van der Waals surface area contributed by atoms with E-state index in [2.05, 4.69) is 27.3 Å². The molecule has 8 heteroatoms. The molecule has 0 saturated heterocycles. The fraction of sp³-hybridized carbons (Fsp3) is 0.222. The van der Waals surface area contributed by atoms with Crippen LogP contribution in [0, 0.1) is 11.3 Å². The van der Waals surface area contributed by atoms with Gasteiger partial charge in [-0.25, -0.2) is 9.20 Å². The van der Waals surface area contributed by atoms with Crippen LogP contribution in [0.25, 0.3) is 22.3 Å². The van der Waals surface area contributed by atoms with Crippen molar-refractivity contribution in [3.63, 3.8) is 0 Å². The number of hydrogen-bond acceptors (Lipinski definition) is 5. The van der Waals surface area contributed by atoms with Crippen molar-refractivity contribution < 1.29 is 0 Å². The molecule has 0 N–H and O–H groups in total. The summed E-state index contributed by atoms with van der Waals surface area (Å²) in [6.07, 6.45) is 10.6. The van der Waals surface area contributed by atoms with E-state index < -0.39 is 4.87 Å². The van der Waals surface area contributed by atoms with E-state index in [-0.39, 0.29) is 5.56 Å². The van der Waals surface area contributed by atoms with Gasteiger partial charge in [0.05, 0.1) is 28.6 Å². The Bertz CT molecular complexity index is 1570. The molecular weight excluding hydrogens is 460 g/mol. The second kappa shape index (κ2) is 8.97. The first-order valence-corrected chi connectivity index (χ1v) is 11.8. The molecule has 5 rings (SSSR count). The van der Waals surface area contributed by atoms with Gasteiger partial charge in [-0.3, -0.25) is 9.78 Å². The number of halogens is 1. The van der Waals surface area contributed by atoms with Crippen molar-refractivity contribution in [2.75, 3.05) is 0 Å². The van der Waals surface area contributed by atoms with E-state index in [1.54, 1.807) is 29.2 Å². The molecule has 3 heterocycles. The maximum atomic E-state index is 14.2. The minimum Gasteiger partial charge on any atom is -0.267 e. The lowest BCUT2D eigenvalue weighted by Gasteiger charge is -2.23. The second-order valence-corrected chi connectivity index (χ2v) is 9.60. The molecule has 174 valence electrons. The number of alkyl halides is 1. The second-order valence-electron chi connectivity index (χ2n) is 8.74. The van der Waals surface area contributed by atoms with Gasteiger partial charge in [0, 0.05) is 24.4 Å². The summed E-state index contributed by atoms with van der Waals surface area (Å²) in [7, 11) is 0. The highest BCUT2D eigenvalue weighted by atomic mass is 35.5. The van der Waals surface area contributed by atoms with Crippen LogP contribution in [0.5, 0.6) is 0 Å². The van der Waals surface area contributed by atoms with Gasteiger partial charge in [0.25, 0.3) is 5.56 Å². The molecule has 1 aliphatic rings. The Labute approximate surface area is 207 Å². The number of benzene rings is 1. The standard InChI is InChI=1S/C27H23ClN6O/c1-3-22-31-32-25-23(20-8-12-27(2,28)13-9-20)24(21-10-14-30-15-11-21)26(35)33(34(22)25)17-19-6-4-18(16-29)5-7-19/h4-12,14-15H,3,13,17H2,1-2H3. The Hall–Kier alpha value is -4.02. The summed E-state index contributed by atoms with van der Waals surface area (Å²) in [5.74, 6) is 0.691. The first kappa shape index (κ1) is 22.8. The summed E-state index contributed by atoms with van der Waals surface area (Å²) in [6, 6.07) is 13.0. The number of fused-ring (bicyclic) bond motifs is 1. The van der Waals surface area contributed by atoms with Crippen molar-refractivity contribution in [2.45, 2.75) is 38.1 Å². The number of rotatable bonds is 5. The number of pyridine rings is 1. The molecular formula is C27H23ClN6O. The van der Waals surface area contributed by atoms with Gasteiger partial charge in [0.1, 0.15) is 0 Å². The molecule has 1 aromatic carbocycles. The number of nitriles is 1. The molecule has 1 atom stereocenters. The van der Waals surface area contributed by atoms with Crippen LogP contribution in [0.2, 0.25) is 0 Å². The van der Waals surface area contributed by atoms with E-state index in [0.717, 1.165) is 22.3 Å². The zero-order chi connectivity index (χ0) is 24.6. The zero-order valence-electron chi connectivity index (χ0n) is 19.4. The van der Waals surface area contributed by atoms with Crippen LogP contribution in [-0.2, 0) is 13.0 Å². The van der Waals surface area contributed by atoms with Crippen molar-refractivity contribution in [1.29, 1.82) is 5.26 Å². The number of nitrogens with zero attached hydrogens (tertiary/aromatic N) is 6.